The van der Waals surface area contributed by atoms with Gasteiger partial charge in [0, 0.05) is 4.88 Å². The summed E-state index contributed by atoms with van der Waals surface area (Å²) in [5, 5.41) is 3.52. The number of carbonyl (C=O) groups is 1. The van der Waals surface area contributed by atoms with Crippen molar-refractivity contribution in [1.82, 2.24) is 4.98 Å². The predicted molar refractivity (Wildman–Crippen MR) is 80.8 cm³/mol. The van der Waals surface area contributed by atoms with Gasteiger partial charge in [0.15, 0.2) is 5.13 Å². The molecule has 5 heteroatoms. The summed E-state index contributed by atoms with van der Waals surface area (Å²) in [4.78, 5) is 18.0. The molecule has 0 fully saturated rings. The van der Waals surface area contributed by atoms with Crippen LogP contribution in [0, 0.1) is 0 Å². The lowest BCUT2D eigenvalue weighted by atomic mass is 10.0. The van der Waals surface area contributed by atoms with Gasteiger partial charge in [-0.25, -0.2) is 4.98 Å². The molecule has 3 rings (SSSR count). The van der Waals surface area contributed by atoms with E-state index in [0.29, 0.717) is 5.13 Å². The Morgan fingerprint density at radius 3 is 2.75 bits per heavy atom. The highest BCUT2D eigenvalue weighted by Gasteiger charge is 2.19. The molecule has 2 aromatic rings. The van der Waals surface area contributed by atoms with E-state index in [1.54, 1.807) is 11.3 Å². The number of carbonyl (C=O) groups excluding carboxylic acids is 1. The van der Waals surface area contributed by atoms with E-state index in [9.17, 15) is 4.79 Å². The van der Waals surface area contributed by atoms with Gasteiger partial charge in [0.05, 0.1) is 5.69 Å². The van der Waals surface area contributed by atoms with E-state index in [0.717, 1.165) is 24.1 Å². The number of rotatable bonds is 3. The average molecular weight is 287 g/mol. The molecule has 1 heterocycles. The second-order valence-electron chi connectivity index (χ2n) is 4.97. The summed E-state index contributed by atoms with van der Waals surface area (Å²) in [5.74, 6) is -0.206. The minimum Gasteiger partial charge on any atom is -0.316 e. The van der Waals surface area contributed by atoms with Crippen LogP contribution in [0.25, 0.3) is 0 Å². The van der Waals surface area contributed by atoms with Gasteiger partial charge in [0.25, 0.3) is 0 Å². The average Bonchev–Trinajstić information content (AvgIpc) is 2.89. The molecule has 0 saturated carbocycles. The van der Waals surface area contributed by atoms with Crippen molar-refractivity contribution >= 4 is 22.4 Å². The molecule has 1 amide bonds. The number of benzene rings is 1. The number of hydrogen-bond donors (Lipinski definition) is 2. The molecule has 0 aliphatic heterocycles. The SMILES string of the molecule is N[C@H](C(=O)Nc1nc2c(s1)CCCC2)c1ccccc1. The molecule has 1 aliphatic carbocycles. The van der Waals surface area contributed by atoms with Crippen LogP contribution in [0.1, 0.15) is 35.0 Å². The van der Waals surface area contributed by atoms with Crippen LogP contribution < -0.4 is 11.1 Å². The van der Waals surface area contributed by atoms with Crippen molar-refractivity contribution in [2.75, 3.05) is 5.32 Å². The number of aromatic nitrogens is 1. The first-order chi connectivity index (χ1) is 9.74. The van der Waals surface area contributed by atoms with Crippen LogP contribution in [0.15, 0.2) is 30.3 Å². The largest absolute Gasteiger partial charge is 0.316 e. The molecule has 0 saturated heterocycles. The molecule has 0 unspecified atom stereocenters. The van der Waals surface area contributed by atoms with Gasteiger partial charge in [-0.05, 0) is 31.2 Å². The van der Waals surface area contributed by atoms with Crippen LogP contribution in [-0.2, 0) is 17.6 Å². The Labute approximate surface area is 122 Å². The first kappa shape index (κ1) is 13.3. The zero-order valence-corrected chi connectivity index (χ0v) is 12.0. The molecule has 3 N–H and O–H groups in total. The first-order valence-corrected chi connectivity index (χ1v) is 7.65. The molecule has 1 aromatic carbocycles. The zero-order chi connectivity index (χ0) is 13.9. The van der Waals surface area contributed by atoms with Crippen LogP contribution in [-0.4, -0.2) is 10.9 Å². The minimum absolute atomic E-state index is 0.206. The predicted octanol–water partition coefficient (Wildman–Crippen LogP) is 2.66. The minimum atomic E-state index is -0.655. The Morgan fingerprint density at radius 2 is 2.00 bits per heavy atom. The number of nitrogens with two attached hydrogens (primary N) is 1. The lowest BCUT2D eigenvalue weighted by Gasteiger charge is -2.10. The normalized spacial score (nSPS) is 15.4. The van der Waals surface area contributed by atoms with E-state index in [2.05, 4.69) is 10.3 Å². The van der Waals surface area contributed by atoms with Gasteiger partial charge in [-0.2, -0.15) is 0 Å². The van der Waals surface area contributed by atoms with Crippen LogP contribution >= 0.6 is 11.3 Å². The fourth-order valence-corrected chi connectivity index (χ4v) is 3.45. The standard InChI is InChI=1S/C15H17N3OS/c16-13(10-6-2-1-3-7-10)14(19)18-15-17-11-8-4-5-9-12(11)20-15/h1-3,6-7,13H,4-5,8-9,16H2,(H,17,18,19)/t13-/m0/s1. The maximum Gasteiger partial charge on any atom is 0.247 e. The van der Waals surface area contributed by atoms with Gasteiger partial charge in [-0.1, -0.05) is 30.3 Å². The number of thiazole rings is 1. The Bertz CT molecular complexity index is 585. The smallest absolute Gasteiger partial charge is 0.247 e. The summed E-state index contributed by atoms with van der Waals surface area (Å²) < 4.78 is 0. The van der Waals surface area contributed by atoms with Crippen molar-refractivity contribution in [3.8, 4) is 0 Å². The van der Waals surface area contributed by atoms with Crippen LogP contribution in [0.5, 0.6) is 0 Å². The Kier molecular flexibility index (Phi) is 3.80. The van der Waals surface area contributed by atoms with Gasteiger partial charge in [-0.15, -0.1) is 11.3 Å². The van der Waals surface area contributed by atoms with Crippen LogP contribution in [0.3, 0.4) is 0 Å². The number of amides is 1. The van der Waals surface area contributed by atoms with Gasteiger partial charge in [-0.3, -0.25) is 4.79 Å². The molecule has 1 aromatic heterocycles. The molecule has 20 heavy (non-hydrogen) atoms. The highest BCUT2D eigenvalue weighted by molar-refractivity contribution is 7.15. The lowest BCUT2D eigenvalue weighted by molar-refractivity contribution is -0.117. The fraction of sp³-hybridized carbons (Fsp3) is 0.333. The van der Waals surface area contributed by atoms with Crippen LogP contribution in [0.2, 0.25) is 0 Å². The summed E-state index contributed by atoms with van der Waals surface area (Å²) in [6.07, 6.45) is 4.50. The topological polar surface area (TPSA) is 68.0 Å². The summed E-state index contributed by atoms with van der Waals surface area (Å²) in [5.41, 5.74) is 7.93. The van der Waals surface area contributed by atoms with Gasteiger partial charge in [0.2, 0.25) is 5.91 Å². The third kappa shape index (κ3) is 2.73. The van der Waals surface area contributed by atoms with E-state index >= 15 is 0 Å². The number of fused-ring (bicyclic) bond motifs is 1. The van der Waals surface area contributed by atoms with E-state index in [1.165, 1.54) is 17.7 Å². The maximum absolute atomic E-state index is 12.2. The molecule has 4 nitrogen and oxygen atoms in total. The number of aryl methyl sites for hydroxylation is 2. The van der Waals surface area contributed by atoms with Crippen molar-refractivity contribution in [3.63, 3.8) is 0 Å². The monoisotopic (exact) mass is 287 g/mol. The molecule has 0 bridgehead atoms. The number of nitrogens with zero attached hydrogens (tertiary/aromatic N) is 1. The highest BCUT2D eigenvalue weighted by atomic mass is 32.1. The second-order valence-corrected chi connectivity index (χ2v) is 6.06. The Morgan fingerprint density at radius 1 is 1.25 bits per heavy atom. The van der Waals surface area contributed by atoms with Crippen LogP contribution in [0.4, 0.5) is 5.13 Å². The van der Waals surface area contributed by atoms with Crippen molar-refractivity contribution in [1.29, 1.82) is 0 Å². The van der Waals surface area contributed by atoms with E-state index in [1.807, 2.05) is 30.3 Å². The zero-order valence-electron chi connectivity index (χ0n) is 11.1. The highest BCUT2D eigenvalue weighted by Crippen LogP contribution is 2.29. The number of hydrogen-bond acceptors (Lipinski definition) is 4. The molecule has 0 radical (unpaired) electrons. The second kappa shape index (κ2) is 5.73. The van der Waals surface area contributed by atoms with Crippen molar-refractivity contribution in [2.45, 2.75) is 31.7 Å². The third-order valence-electron chi connectivity index (χ3n) is 3.52. The molecular formula is C15H17N3OS. The molecule has 1 aliphatic rings. The van der Waals surface area contributed by atoms with Crippen molar-refractivity contribution < 1.29 is 4.79 Å². The molecule has 1 atom stereocenters. The van der Waals surface area contributed by atoms with E-state index < -0.39 is 6.04 Å². The summed E-state index contributed by atoms with van der Waals surface area (Å²) in [6, 6.07) is 8.73. The lowest BCUT2D eigenvalue weighted by Crippen LogP contribution is -2.27. The van der Waals surface area contributed by atoms with Crippen molar-refractivity contribution in [2.24, 2.45) is 5.73 Å². The summed E-state index contributed by atoms with van der Waals surface area (Å²) in [6.45, 7) is 0. The summed E-state index contributed by atoms with van der Waals surface area (Å²) in [7, 11) is 0. The third-order valence-corrected chi connectivity index (χ3v) is 4.59. The van der Waals surface area contributed by atoms with Gasteiger partial charge >= 0.3 is 0 Å². The quantitative estimate of drug-likeness (QED) is 0.912. The molecule has 0 spiro atoms. The Hall–Kier alpha value is -1.72. The fourth-order valence-electron chi connectivity index (χ4n) is 2.40. The van der Waals surface area contributed by atoms with Gasteiger partial charge < -0.3 is 11.1 Å². The van der Waals surface area contributed by atoms with E-state index in [-0.39, 0.29) is 5.91 Å². The number of anilines is 1. The molecular weight excluding hydrogens is 270 g/mol. The van der Waals surface area contributed by atoms with E-state index in [4.69, 9.17) is 5.73 Å². The molecule has 104 valence electrons. The van der Waals surface area contributed by atoms with Crippen molar-refractivity contribution in [3.05, 3.63) is 46.5 Å². The number of nitrogens with one attached hydrogen (secondary N) is 1. The summed E-state index contributed by atoms with van der Waals surface area (Å²) >= 11 is 1.58. The maximum atomic E-state index is 12.2. The first-order valence-electron chi connectivity index (χ1n) is 6.84. The van der Waals surface area contributed by atoms with Gasteiger partial charge in [0.1, 0.15) is 6.04 Å². The Balaban J connectivity index is 1.71.